The molecule has 4 nitrogen and oxygen atoms in total. The van der Waals surface area contributed by atoms with Crippen molar-refractivity contribution < 1.29 is 0 Å². The van der Waals surface area contributed by atoms with Crippen LogP contribution >= 0.6 is 0 Å². The molecule has 2 rings (SSSR count). The minimum atomic E-state index is 0.0770. The van der Waals surface area contributed by atoms with Crippen LogP contribution in [0.3, 0.4) is 0 Å². The molecule has 4 N–H and O–H groups in total. The zero-order chi connectivity index (χ0) is 14.2. The maximum absolute atomic E-state index is 12.0. The van der Waals surface area contributed by atoms with Crippen molar-refractivity contribution in [3.05, 3.63) is 33.7 Å². The molecule has 20 heavy (non-hydrogen) atoms. The maximum Gasteiger partial charge on any atom is 0.251 e. The van der Waals surface area contributed by atoms with Crippen LogP contribution in [0.15, 0.2) is 17.1 Å². The van der Waals surface area contributed by atoms with Gasteiger partial charge in [0.25, 0.3) is 5.56 Å². The van der Waals surface area contributed by atoms with Gasteiger partial charge in [0.15, 0.2) is 0 Å². The first kappa shape index (κ1) is 15.3. The zero-order valence-electron chi connectivity index (χ0n) is 12.3. The number of rotatable bonds is 6. The first-order valence-corrected chi connectivity index (χ1v) is 7.94. The lowest BCUT2D eigenvalue weighted by Gasteiger charge is -2.17. The third-order valence-corrected chi connectivity index (χ3v) is 4.17. The van der Waals surface area contributed by atoms with Crippen LogP contribution in [-0.2, 0) is 12.8 Å². The molecule has 0 aromatic carbocycles. The summed E-state index contributed by atoms with van der Waals surface area (Å²) in [5.74, 6) is 0. The molecule has 2 heterocycles. The second kappa shape index (κ2) is 8.22. The van der Waals surface area contributed by atoms with E-state index in [1.54, 1.807) is 6.20 Å². The third kappa shape index (κ3) is 4.46. The Morgan fingerprint density at radius 2 is 2.15 bits per heavy atom. The monoisotopic (exact) mass is 277 g/mol. The molecule has 0 aliphatic carbocycles. The second-order valence-corrected chi connectivity index (χ2v) is 5.76. The van der Waals surface area contributed by atoms with Crippen LogP contribution in [0.2, 0.25) is 0 Å². The maximum atomic E-state index is 12.0. The molecule has 0 spiro atoms. The van der Waals surface area contributed by atoms with Gasteiger partial charge in [-0.3, -0.25) is 4.79 Å². The Labute approximate surface area is 121 Å². The van der Waals surface area contributed by atoms with E-state index in [9.17, 15) is 4.79 Å². The fourth-order valence-electron chi connectivity index (χ4n) is 3.00. The molecule has 112 valence electrons. The number of hydrogen-bond acceptors (Lipinski definition) is 3. The number of nitrogens with one attached hydrogen (secondary N) is 2. The highest BCUT2D eigenvalue weighted by atomic mass is 16.1. The first-order valence-electron chi connectivity index (χ1n) is 7.94. The Bertz CT molecular complexity index is 447. The van der Waals surface area contributed by atoms with E-state index in [2.05, 4.69) is 16.4 Å². The van der Waals surface area contributed by atoms with Gasteiger partial charge < -0.3 is 16.0 Å². The van der Waals surface area contributed by atoms with E-state index in [1.807, 2.05) is 0 Å². The molecular formula is C16H27N3O. The number of H-pyrrole nitrogens is 1. The van der Waals surface area contributed by atoms with E-state index < -0.39 is 0 Å². The molecule has 1 atom stereocenters. The predicted molar refractivity (Wildman–Crippen MR) is 83.0 cm³/mol. The van der Waals surface area contributed by atoms with Gasteiger partial charge in [0, 0.05) is 17.8 Å². The lowest BCUT2D eigenvalue weighted by Crippen LogP contribution is -2.31. The summed E-state index contributed by atoms with van der Waals surface area (Å²) in [6, 6.07) is 2.60. The van der Waals surface area contributed by atoms with Gasteiger partial charge in [-0.05, 0) is 63.2 Å². The van der Waals surface area contributed by atoms with Gasteiger partial charge in [-0.2, -0.15) is 0 Å². The van der Waals surface area contributed by atoms with Crippen LogP contribution in [0.25, 0.3) is 0 Å². The number of hydrogen-bond donors (Lipinski definition) is 3. The van der Waals surface area contributed by atoms with Crippen molar-refractivity contribution in [3.63, 3.8) is 0 Å². The minimum absolute atomic E-state index is 0.0770. The van der Waals surface area contributed by atoms with Crippen molar-refractivity contribution in [2.75, 3.05) is 13.1 Å². The summed E-state index contributed by atoms with van der Waals surface area (Å²) in [7, 11) is 0. The highest BCUT2D eigenvalue weighted by molar-refractivity contribution is 5.24. The second-order valence-electron chi connectivity index (χ2n) is 5.76. The van der Waals surface area contributed by atoms with Gasteiger partial charge in [0.1, 0.15) is 0 Å². The topological polar surface area (TPSA) is 70.9 Å². The van der Waals surface area contributed by atoms with Gasteiger partial charge in [0.05, 0.1) is 0 Å². The van der Waals surface area contributed by atoms with Crippen LogP contribution in [0.1, 0.15) is 49.7 Å². The first-order chi connectivity index (χ1) is 9.81. The summed E-state index contributed by atoms with van der Waals surface area (Å²) >= 11 is 0. The molecule has 1 aromatic rings. The van der Waals surface area contributed by atoms with E-state index in [4.69, 9.17) is 5.73 Å². The summed E-state index contributed by atoms with van der Waals surface area (Å²) in [6.07, 6.45) is 10.7. The molecule has 4 heteroatoms. The van der Waals surface area contributed by atoms with E-state index in [0.717, 1.165) is 37.8 Å². The Kier molecular flexibility index (Phi) is 6.27. The normalized spacial score (nSPS) is 19.8. The molecule has 1 saturated heterocycles. The molecule has 1 aromatic heterocycles. The highest BCUT2D eigenvalue weighted by Crippen LogP contribution is 2.15. The number of aromatic nitrogens is 1. The molecular weight excluding hydrogens is 250 g/mol. The zero-order valence-corrected chi connectivity index (χ0v) is 12.3. The summed E-state index contributed by atoms with van der Waals surface area (Å²) in [5, 5.41) is 3.61. The molecule has 1 unspecified atom stereocenters. The van der Waals surface area contributed by atoms with Gasteiger partial charge in [-0.25, -0.2) is 0 Å². The summed E-state index contributed by atoms with van der Waals surface area (Å²) in [6.45, 7) is 1.81. The quantitative estimate of drug-likeness (QED) is 0.694. The highest BCUT2D eigenvalue weighted by Gasteiger charge is 2.15. The van der Waals surface area contributed by atoms with Crippen molar-refractivity contribution in [1.82, 2.24) is 10.3 Å². The van der Waals surface area contributed by atoms with E-state index >= 15 is 0 Å². The van der Waals surface area contributed by atoms with Crippen molar-refractivity contribution in [3.8, 4) is 0 Å². The molecule has 0 radical (unpaired) electrons. The smallest absolute Gasteiger partial charge is 0.251 e. The Hall–Kier alpha value is -1.13. The fraction of sp³-hybridized carbons (Fsp3) is 0.688. The molecule has 1 fully saturated rings. The van der Waals surface area contributed by atoms with Crippen LogP contribution in [-0.4, -0.2) is 24.1 Å². The molecule has 0 saturated carbocycles. The summed E-state index contributed by atoms with van der Waals surface area (Å²) in [5.41, 5.74) is 7.79. The molecule has 0 bridgehead atoms. The number of unbranched alkanes of at least 4 members (excludes halogenated alkanes) is 1. The molecule has 1 aliphatic rings. The van der Waals surface area contributed by atoms with Crippen molar-refractivity contribution in [2.45, 2.75) is 57.4 Å². The van der Waals surface area contributed by atoms with Crippen molar-refractivity contribution in [1.29, 1.82) is 0 Å². The van der Waals surface area contributed by atoms with E-state index in [-0.39, 0.29) is 5.56 Å². The third-order valence-electron chi connectivity index (χ3n) is 4.17. The molecule has 1 aliphatic heterocycles. The number of aromatic amines is 1. The van der Waals surface area contributed by atoms with Crippen molar-refractivity contribution >= 4 is 0 Å². The van der Waals surface area contributed by atoms with Gasteiger partial charge >= 0.3 is 0 Å². The lowest BCUT2D eigenvalue weighted by molar-refractivity contribution is 0.505. The summed E-state index contributed by atoms with van der Waals surface area (Å²) < 4.78 is 0. The van der Waals surface area contributed by atoms with Gasteiger partial charge in [-0.1, -0.05) is 12.8 Å². The lowest BCUT2D eigenvalue weighted by atomic mass is 9.96. The Morgan fingerprint density at radius 3 is 3.00 bits per heavy atom. The fourth-order valence-corrected chi connectivity index (χ4v) is 3.00. The van der Waals surface area contributed by atoms with Gasteiger partial charge in [-0.15, -0.1) is 0 Å². The Morgan fingerprint density at radius 1 is 1.25 bits per heavy atom. The van der Waals surface area contributed by atoms with Crippen LogP contribution in [0, 0.1) is 0 Å². The van der Waals surface area contributed by atoms with E-state index in [0.29, 0.717) is 12.6 Å². The SMILES string of the molecule is NCCCCc1c(CC2CCCCCN2)cc[nH]c1=O. The number of pyridine rings is 1. The standard InChI is InChI=1S/C16H27N3O/c17-9-4-3-7-15-13(8-11-19-16(15)20)12-14-6-2-1-5-10-18-14/h8,11,14,18H,1-7,9-10,12,17H2,(H,19,20). The average Bonchev–Trinajstić information content (AvgIpc) is 2.71. The van der Waals surface area contributed by atoms with Crippen LogP contribution in [0.4, 0.5) is 0 Å². The van der Waals surface area contributed by atoms with E-state index in [1.165, 1.54) is 31.2 Å². The summed E-state index contributed by atoms with van der Waals surface area (Å²) in [4.78, 5) is 14.8. The minimum Gasteiger partial charge on any atom is -0.330 e. The average molecular weight is 277 g/mol. The molecule has 0 amide bonds. The van der Waals surface area contributed by atoms with Gasteiger partial charge in [0.2, 0.25) is 0 Å². The predicted octanol–water partition coefficient (Wildman–Crippen LogP) is 1.73. The van der Waals surface area contributed by atoms with Crippen LogP contribution < -0.4 is 16.6 Å². The van der Waals surface area contributed by atoms with Crippen molar-refractivity contribution in [2.24, 2.45) is 5.73 Å². The number of nitrogens with two attached hydrogens (primary N) is 1. The largest absolute Gasteiger partial charge is 0.330 e. The Balaban J connectivity index is 2.05. The van der Waals surface area contributed by atoms with Crippen LogP contribution in [0.5, 0.6) is 0 Å².